The fourth-order valence-electron chi connectivity index (χ4n) is 3.12. The molecule has 1 saturated heterocycles. The van der Waals surface area contributed by atoms with Gasteiger partial charge in [-0.15, -0.1) is 0 Å². The van der Waals surface area contributed by atoms with Gasteiger partial charge in [0.25, 0.3) is 0 Å². The van der Waals surface area contributed by atoms with Crippen LogP contribution in [0.1, 0.15) is 49.6 Å². The number of aromatic nitrogens is 2. The maximum atomic E-state index is 12.3. The molecule has 0 radical (unpaired) electrons. The summed E-state index contributed by atoms with van der Waals surface area (Å²) in [5.74, 6) is 1.00. The van der Waals surface area contributed by atoms with Crippen LogP contribution in [-0.4, -0.2) is 33.7 Å². The normalized spacial score (nSPS) is 15.8. The molecule has 5 heteroatoms. The Morgan fingerprint density at radius 1 is 1.36 bits per heavy atom. The van der Waals surface area contributed by atoms with Crippen LogP contribution in [0.25, 0.3) is 0 Å². The topological polar surface area (TPSA) is 61.9 Å². The summed E-state index contributed by atoms with van der Waals surface area (Å²) >= 11 is 0. The van der Waals surface area contributed by atoms with Gasteiger partial charge in [-0.1, -0.05) is 6.92 Å². The molecular weight excluding hydrogens is 276 g/mol. The monoisotopic (exact) mass is 302 g/mol. The van der Waals surface area contributed by atoms with Crippen molar-refractivity contribution in [1.29, 1.82) is 5.26 Å². The quantitative estimate of drug-likeness (QED) is 0.840. The first-order valence-electron chi connectivity index (χ1n) is 8.20. The zero-order valence-corrected chi connectivity index (χ0v) is 13.9. The van der Waals surface area contributed by atoms with Crippen LogP contribution in [0, 0.1) is 31.1 Å². The van der Waals surface area contributed by atoms with E-state index in [0.717, 1.165) is 55.2 Å². The second-order valence-electron chi connectivity index (χ2n) is 6.34. The first kappa shape index (κ1) is 16.5. The number of amides is 1. The molecule has 1 amide bonds. The van der Waals surface area contributed by atoms with E-state index in [0.29, 0.717) is 19.4 Å². The van der Waals surface area contributed by atoms with Crippen LogP contribution in [0.4, 0.5) is 0 Å². The summed E-state index contributed by atoms with van der Waals surface area (Å²) in [6.45, 7) is 8.70. The Morgan fingerprint density at radius 3 is 2.68 bits per heavy atom. The minimum Gasteiger partial charge on any atom is -0.343 e. The van der Waals surface area contributed by atoms with Gasteiger partial charge in [0.15, 0.2) is 0 Å². The summed E-state index contributed by atoms with van der Waals surface area (Å²) in [6.07, 6.45) is 4.01. The van der Waals surface area contributed by atoms with Gasteiger partial charge < -0.3 is 4.90 Å². The molecule has 0 saturated carbocycles. The third-order valence-electron chi connectivity index (χ3n) is 4.69. The van der Waals surface area contributed by atoms with Crippen molar-refractivity contribution in [3.63, 3.8) is 0 Å². The number of hydrogen-bond acceptors (Lipinski definition) is 3. The molecular formula is C17H26N4O. The predicted molar refractivity (Wildman–Crippen MR) is 85.2 cm³/mol. The molecule has 0 bridgehead atoms. The van der Waals surface area contributed by atoms with E-state index < -0.39 is 0 Å². The number of hydrogen-bond donors (Lipinski definition) is 0. The fraction of sp³-hybridized carbons (Fsp3) is 0.706. The minimum absolute atomic E-state index is 0.260. The van der Waals surface area contributed by atoms with E-state index in [1.165, 1.54) is 0 Å². The largest absolute Gasteiger partial charge is 0.343 e. The minimum atomic E-state index is 0.260. The molecule has 1 aliphatic rings. The molecule has 1 fully saturated rings. The molecule has 1 aromatic heterocycles. The van der Waals surface area contributed by atoms with Crippen LogP contribution in [0.3, 0.4) is 0 Å². The molecule has 0 unspecified atom stereocenters. The molecule has 120 valence electrons. The SMILES string of the molecule is Cc1nn(CCC#N)c(C)c1CCC(=O)N1CCC(C)CC1. The summed E-state index contributed by atoms with van der Waals surface area (Å²) in [4.78, 5) is 14.3. The van der Waals surface area contributed by atoms with Gasteiger partial charge >= 0.3 is 0 Å². The lowest BCUT2D eigenvalue weighted by molar-refractivity contribution is -0.132. The van der Waals surface area contributed by atoms with Gasteiger partial charge in [-0.25, -0.2) is 0 Å². The van der Waals surface area contributed by atoms with Crippen molar-refractivity contribution in [1.82, 2.24) is 14.7 Å². The number of nitriles is 1. The molecule has 0 atom stereocenters. The van der Waals surface area contributed by atoms with Crippen LogP contribution in [0.2, 0.25) is 0 Å². The summed E-state index contributed by atoms with van der Waals surface area (Å²) in [5, 5.41) is 13.2. The second-order valence-corrected chi connectivity index (χ2v) is 6.34. The first-order valence-corrected chi connectivity index (χ1v) is 8.20. The molecule has 0 N–H and O–H groups in total. The highest BCUT2D eigenvalue weighted by Gasteiger charge is 2.21. The van der Waals surface area contributed by atoms with Crippen LogP contribution >= 0.6 is 0 Å². The number of rotatable bonds is 5. The van der Waals surface area contributed by atoms with Crippen LogP contribution < -0.4 is 0 Å². The van der Waals surface area contributed by atoms with Gasteiger partial charge in [0.1, 0.15) is 0 Å². The van der Waals surface area contributed by atoms with E-state index in [-0.39, 0.29) is 5.91 Å². The van der Waals surface area contributed by atoms with E-state index in [2.05, 4.69) is 18.1 Å². The van der Waals surface area contributed by atoms with Gasteiger partial charge in [-0.05, 0) is 44.6 Å². The molecule has 1 aromatic rings. The molecule has 0 aliphatic carbocycles. The van der Waals surface area contributed by atoms with Crippen molar-refractivity contribution < 1.29 is 4.79 Å². The van der Waals surface area contributed by atoms with Crippen molar-refractivity contribution in [2.24, 2.45) is 5.92 Å². The highest BCUT2D eigenvalue weighted by molar-refractivity contribution is 5.76. The van der Waals surface area contributed by atoms with E-state index in [4.69, 9.17) is 5.26 Å². The molecule has 22 heavy (non-hydrogen) atoms. The molecule has 1 aliphatic heterocycles. The lowest BCUT2D eigenvalue weighted by Crippen LogP contribution is -2.38. The first-order chi connectivity index (χ1) is 10.5. The molecule has 2 rings (SSSR count). The average Bonchev–Trinajstić information content (AvgIpc) is 2.77. The number of aryl methyl sites for hydroxylation is 2. The molecule has 0 aromatic carbocycles. The predicted octanol–water partition coefficient (Wildman–Crippen LogP) is 2.60. The Labute approximate surface area is 132 Å². The van der Waals surface area contributed by atoms with Crippen LogP contribution in [0.15, 0.2) is 0 Å². The number of piperidine rings is 1. The summed E-state index contributed by atoms with van der Waals surface area (Å²) in [5.41, 5.74) is 3.24. The molecule has 2 heterocycles. The number of nitrogens with zero attached hydrogens (tertiary/aromatic N) is 4. The van der Waals surface area contributed by atoms with Gasteiger partial charge in [0.2, 0.25) is 5.91 Å². The maximum absolute atomic E-state index is 12.3. The fourth-order valence-corrected chi connectivity index (χ4v) is 3.12. The standard InChI is InChI=1S/C17H26N4O/c1-13-7-11-20(12-8-13)17(22)6-5-16-14(2)19-21(15(16)3)10-4-9-18/h13H,4-8,10-12H2,1-3H3. The highest BCUT2D eigenvalue weighted by atomic mass is 16.2. The third-order valence-corrected chi connectivity index (χ3v) is 4.69. The van der Waals surface area contributed by atoms with E-state index in [1.54, 1.807) is 0 Å². The number of carbonyl (C=O) groups excluding carboxylic acids is 1. The summed E-state index contributed by atoms with van der Waals surface area (Å²) < 4.78 is 1.89. The van der Waals surface area contributed by atoms with Gasteiger partial charge in [0.05, 0.1) is 24.7 Å². The van der Waals surface area contributed by atoms with Crippen molar-refractivity contribution in [2.75, 3.05) is 13.1 Å². The van der Waals surface area contributed by atoms with Crippen LogP contribution in [0.5, 0.6) is 0 Å². The van der Waals surface area contributed by atoms with Crippen LogP contribution in [-0.2, 0) is 17.8 Å². The Morgan fingerprint density at radius 2 is 2.05 bits per heavy atom. The summed E-state index contributed by atoms with van der Waals surface area (Å²) in [7, 11) is 0. The number of likely N-dealkylation sites (tertiary alicyclic amines) is 1. The maximum Gasteiger partial charge on any atom is 0.222 e. The van der Waals surface area contributed by atoms with Crippen molar-refractivity contribution in [3.8, 4) is 6.07 Å². The second kappa shape index (κ2) is 7.44. The lowest BCUT2D eigenvalue weighted by Gasteiger charge is -2.30. The van der Waals surface area contributed by atoms with Gasteiger partial charge in [-0.2, -0.15) is 10.4 Å². The molecule has 5 nitrogen and oxygen atoms in total. The van der Waals surface area contributed by atoms with E-state index in [1.807, 2.05) is 23.4 Å². The van der Waals surface area contributed by atoms with Gasteiger partial charge in [-0.3, -0.25) is 9.48 Å². The summed E-state index contributed by atoms with van der Waals surface area (Å²) in [6, 6.07) is 2.15. The zero-order valence-electron chi connectivity index (χ0n) is 13.9. The zero-order chi connectivity index (χ0) is 16.1. The highest BCUT2D eigenvalue weighted by Crippen LogP contribution is 2.19. The van der Waals surface area contributed by atoms with E-state index >= 15 is 0 Å². The Hall–Kier alpha value is -1.83. The Kier molecular flexibility index (Phi) is 5.59. The smallest absolute Gasteiger partial charge is 0.222 e. The lowest BCUT2D eigenvalue weighted by atomic mass is 9.98. The average molecular weight is 302 g/mol. The molecule has 0 spiro atoms. The van der Waals surface area contributed by atoms with Gasteiger partial charge in [0, 0.05) is 25.2 Å². The van der Waals surface area contributed by atoms with Crippen molar-refractivity contribution >= 4 is 5.91 Å². The Balaban J connectivity index is 1.92. The Bertz CT molecular complexity index is 562. The number of carbonyl (C=O) groups is 1. The van der Waals surface area contributed by atoms with Crippen molar-refractivity contribution in [2.45, 2.75) is 59.4 Å². The third kappa shape index (κ3) is 3.88. The van der Waals surface area contributed by atoms with E-state index in [9.17, 15) is 4.79 Å². The van der Waals surface area contributed by atoms with Crippen molar-refractivity contribution in [3.05, 3.63) is 17.0 Å².